The van der Waals surface area contributed by atoms with Crippen molar-refractivity contribution in [2.24, 2.45) is 0 Å². The van der Waals surface area contributed by atoms with Gasteiger partial charge >= 0.3 is 5.97 Å². The summed E-state index contributed by atoms with van der Waals surface area (Å²) in [6.07, 6.45) is 1.05. The Morgan fingerprint density at radius 2 is 1.89 bits per heavy atom. The fourth-order valence-corrected chi connectivity index (χ4v) is 3.27. The van der Waals surface area contributed by atoms with Gasteiger partial charge in [-0.15, -0.1) is 0 Å². The third-order valence-corrected chi connectivity index (χ3v) is 5.09. The highest BCUT2D eigenvalue weighted by atomic mass is 32.2. The van der Waals surface area contributed by atoms with Crippen LogP contribution in [-0.2, 0) is 19.4 Å². The van der Waals surface area contributed by atoms with Crippen LogP contribution >= 0.6 is 0 Å². The first-order valence-corrected chi connectivity index (χ1v) is 10.0. The zero-order valence-electron chi connectivity index (χ0n) is 15.0. The molecule has 2 aromatic carbocycles. The molecule has 0 aliphatic rings. The minimum absolute atomic E-state index is 0.0437. The van der Waals surface area contributed by atoms with E-state index in [0.717, 1.165) is 6.26 Å². The summed E-state index contributed by atoms with van der Waals surface area (Å²) in [5.74, 6) is -2.37. The van der Waals surface area contributed by atoms with Crippen LogP contribution in [0.15, 0.2) is 51.8 Å². The van der Waals surface area contributed by atoms with Gasteiger partial charge in [-0.25, -0.2) is 17.6 Å². The predicted molar refractivity (Wildman–Crippen MR) is 99.4 cm³/mol. The molecule has 0 saturated carbocycles. The molecule has 7 nitrogen and oxygen atoms in total. The van der Waals surface area contributed by atoms with Crippen LogP contribution in [0, 0.1) is 12.7 Å². The lowest BCUT2D eigenvalue weighted by molar-refractivity contribution is -0.119. The van der Waals surface area contributed by atoms with Crippen molar-refractivity contribution in [1.82, 2.24) is 0 Å². The van der Waals surface area contributed by atoms with E-state index in [0.29, 0.717) is 10.9 Å². The highest BCUT2D eigenvalue weighted by Crippen LogP contribution is 2.27. The maximum Gasteiger partial charge on any atom is 0.375 e. The van der Waals surface area contributed by atoms with Crippen LogP contribution in [0.4, 0.5) is 10.1 Å². The standard InChI is InChI=1S/C19H16FNO6S/c1-11-14-7-4-8-15(20)18(14)27-17(11)19(23)26-10-16(22)21-12-5-3-6-13(9-12)28(2,24)25/h3-9H,10H2,1-2H3,(H,21,22). The van der Waals surface area contributed by atoms with Gasteiger partial charge in [0, 0.05) is 22.9 Å². The van der Waals surface area contributed by atoms with Crippen LogP contribution in [0.2, 0.25) is 0 Å². The summed E-state index contributed by atoms with van der Waals surface area (Å²) in [5.41, 5.74) is 0.584. The largest absolute Gasteiger partial charge is 0.450 e. The molecule has 0 saturated heterocycles. The monoisotopic (exact) mass is 405 g/mol. The number of anilines is 1. The lowest BCUT2D eigenvalue weighted by Gasteiger charge is -2.07. The average Bonchev–Trinajstić information content (AvgIpc) is 2.98. The van der Waals surface area contributed by atoms with Crippen molar-refractivity contribution >= 4 is 38.4 Å². The second kappa shape index (κ2) is 7.43. The number of sulfone groups is 1. The number of para-hydroxylation sites is 1. The third-order valence-electron chi connectivity index (χ3n) is 3.98. The first-order valence-electron chi connectivity index (χ1n) is 8.11. The van der Waals surface area contributed by atoms with Crippen molar-refractivity contribution in [3.8, 4) is 0 Å². The maximum atomic E-state index is 13.8. The van der Waals surface area contributed by atoms with Gasteiger partial charge in [0.05, 0.1) is 4.90 Å². The van der Waals surface area contributed by atoms with Gasteiger partial charge in [0.25, 0.3) is 5.91 Å². The highest BCUT2D eigenvalue weighted by Gasteiger charge is 2.21. The Hall–Kier alpha value is -3.20. The van der Waals surface area contributed by atoms with Gasteiger partial charge in [0.1, 0.15) is 0 Å². The topological polar surface area (TPSA) is 103 Å². The minimum Gasteiger partial charge on any atom is -0.450 e. The van der Waals surface area contributed by atoms with Gasteiger partial charge in [-0.05, 0) is 31.2 Å². The quantitative estimate of drug-likeness (QED) is 0.655. The second-order valence-corrected chi connectivity index (χ2v) is 8.11. The Labute approximate surface area is 160 Å². The molecule has 0 atom stereocenters. The number of carbonyl (C=O) groups excluding carboxylic acids is 2. The number of fused-ring (bicyclic) bond motifs is 1. The van der Waals surface area contributed by atoms with Gasteiger partial charge < -0.3 is 14.5 Å². The number of amides is 1. The summed E-state index contributed by atoms with van der Waals surface area (Å²) >= 11 is 0. The Balaban J connectivity index is 1.68. The number of rotatable bonds is 5. The summed E-state index contributed by atoms with van der Waals surface area (Å²) in [4.78, 5) is 24.2. The molecule has 3 aromatic rings. The molecule has 9 heteroatoms. The number of carbonyl (C=O) groups is 2. The molecule has 1 aromatic heterocycles. The lowest BCUT2D eigenvalue weighted by atomic mass is 10.1. The van der Waals surface area contributed by atoms with Gasteiger partial charge in [0.2, 0.25) is 5.76 Å². The Bertz CT molecular complexity index is 1180. The van der Waals surface area contributed by atoms with Crippen molar-refractivity contribution in [2.75, 3.05) is 18.2 Å². The third kappa shape index (κ3) is 4.04. The van der Waals surface area contributed by atoms with E-state index in [1.165, 1.54) is 36.4 Å². The Kier molecular flexibility index (Phi) is 5.19. The van der Waals surface area contributed by atoms with Crippen LogP contribution in [0.3, 0.4) is 0 Å². The Morgan fingerprint density at radius 3 is 2.57 bits per heavy atom. The fraction of sp³-hybridized carbons (Fsp3) is 0.158. The molecule has 0 unspecified atom stereocenters. The summed E-state index contributed by atoms with van der Waals surface area (Å²) in [6, 6.07) is 9.97. The van der Waals surface area contributed by atoms with E-state index in [1.54, 1.807) is 13.0 Å². The van der Waals surface area contributed by atoms with Crippen LogP contribution in [0.25, 0.3) is 11.0 Å². The fourth-order valence-electron chi connectivity index (χ4n) is 2.60. The summed E-state index contributed by atoms with van der Waals surface area (Å²) in [7, 11) is -3.42. The summed E-state index contributed by atoms with van der Waals surface area (Å²) in [5, 5.41) is 2.88. The first-order chi connectivity index (χ1) is 13.2. The molecule has 0 aliphatic carbocycles. The summed E-state index contributed by atoms with van der Waals surface area (Å²) < 4.78 is 47.0. The number of esters is 1. The molecule has 146 valence electrons. The number of aryl methyl sites for hydroxylation is 1. The van der Waals surface area contributed by atoms with Crippen LogP contribution < -0.4 is 5.32 Å². The molecule has 1 heterocycles. The van der Waals surface area contributed by atoms with Gasteiger partial charge in [-0.2, -0.15) is 0 Å². The first kappa shape index (κ1) is 19.6. The molecule has 0 fully saturated rings. The van der Waals surface area contributed by atoms with Crippen molar-refractivity contribution in [2.45, 2.75) is 11.8 Å². The molecule has 0 bridgehead atoms. The second-order valence-electron chi connectivity index (χ2n) is 6.10. The number of ether oxygens (including phenoxy) is 1. The number of hydrogen-bond acceptors (Lipinski definition) is 6. The zero-order valence-corrected chi connectivity index (χ0v) is 15.8. The van der Waals surface area contributed by atoms with Crippen molar-refractivity contribution in [3.05, 3.63) is 59.6 Å². The molecule has 0 spiro atoms. The smallest absolute Gasteiger partial charge is 0.375 e. The number of furan rings is 1. The van der Waals surface area contributed by atoms with Gasteiger partial charge in [-0.1, -0.05) is 18.2 Å². The van der Waals surface area contributed by atoms with E-state index in [1.807, 2.05) is 0 Å². The average molecular weight is 405 g/mol. The Morgan fingerprint density at radius 1 is 1.18 bits per heavy atom. The highest BCUT2D eigenvalue weighted by molar-refractivity contribution is 7.90. The van der Waals surface area contributed by atoms with E-state index in [2.05, 4.69) is 5.32 Å². The van der Waals surface area contributed by atoms with Crippen LogP contribution in [0.5, 0.6) is 0 Å². The SMILES string of the molecule is Cc1c(C(=O)OCC(=O)Nc2cccc(S(C)(=O)=O)c2)oc2c(F)cccc12. The van der Waals surface area contributed by atoms with Crippen LogP contribution in [-0.4, -0.2) is 33.2 Å². The summed E-state index contributed by atoms with van der Waals surface area (Å²) in [6.45, 7) is 0.958. The molecule has 0 radical (unpaired) electrons. The van der Waals surface area contributed by atoms with E-state index >= 15 is 0 Å². The number of hydrogen-bond donors (Lipinski definition) is 1. The van der Waals surface area contributed by atoms with E-state index in [9.17, 15) is 22.4 Å². The molecular weight excluding hydrogens is 389 g/mol. The zero-order chi connectivity index (χ0) is 20.5. The molecule has 0 aliphatic heterocycles. The normalized spacial score (nSPS) is 11.4. The van der Waals surface area contributed by atoms with Gasteiger partial charge in [-0.3, -0.25) is 4.79 Å². The lowest BCUT2D eigenvalue weighted by Crippen LogP contribution is -2.21. The van der Waals surface area contributed by atoms with Gasteiger partial charge in [0.15, 0.2) is 27.8 Å². The number of nitrogens with one attached hydrogen (secondary N) is 1. The van der Waals surface area contributed by atoms with E-state index < -0.39 is 34.1 Å². The predicted octanol–water partition coefficient (Wildman–Crippen LogP) is 3.08. The molecule has 28 heavy (non-hydrogen) atoms. The van der Waals surface area contributed by atoms with E-state index in [-0.39, 0.29) is 21.9 Å². The van der Waals surface area contributed by atoms with Crippen molar-refractivity contribution in [3.63, 3.8) is 0 Å². The molecule has 1 amide bonds. The molecule has 3 rings (SSSR count). The van der Waals surface area contributed by atoms with Crippen molar-refractivity contribution < 1.29 is 31.6 Å². The maximum absolute atomic E-state index is 13.8. The van der Waals surface area contributed by atoms with Crippen molar-refractivity contribution in [1.29, 1.82) is 0 Å². The minimum atomic E-state index is -3.42. The molecular formula is C19H16FNO6S. The van der Waals surface area contributed by atoms with Crippen LogP contribution in [0.1, 0.15) is 16.1 Å². The molecule has 1 N–H and O–H groups in total. The number of halogens is 1. The van der Waals surface area contributed by atoms with E-state index in [4.69, 9.17) is 9.15 Å². The number of benzene rings is 2.